The lowest BCUT2D eigenvalue weighted by atomic mass is 9.97. The van der Waals surface area contributed by atoms with Crippen molar-refractivity contribution in [1.82, 2.24) is 15.5 Å². The molecule has 0 heterocycles. The summed E-state index contributed by atoms with van der Waals surface area (Å²) in [6, 6.07) is 0.268. The van der Waals surface area contributed by atoms with E-state index in [0.717, 1.165) is 13.1 Å². The molecule has 1 saturated carbocycles. The van der Waals surface area contributed by atoms with Crippen molar-refractivity contribution in [3.05, 3.63) is 0 Å². The summed E-state index contributed by atoms with van der Waals surface area (Å²) in [7, 11) is 0. The Morgan fingerprint density at radius 2 is 2.00 bits per heavy atom. The number of nitrogens with one attached hydrogen (secondary N) is 2. The van der Waals surface area contributed by atoms with Gasteiger partial charge in [-0.2, -0.15) is 0 Å². The molecular weight excluding hydrogens is 258 g/mol. The molecule has 1 aliphatic carbocycles. The average molecular weight is 285 g/mol. The molecule has 0 spiro atoms. The largest absolute Gasteiger partial charge is 0.480 e. The van der Waals surface area contributed by atoms with E-state index in [1.807, 2.05) is 6.92 Å². The van der Waals surface area contributed by atoms with Gasteiger partial charge in [0.1, 0.15) is 5.54 Å². The van der Waals surface area contributed by atoms with Crippen LogP contribution in [0, 0.1) is 0 Å². The highest BCUT2D eigenvalue weighted by Crippen LogP contribution is 2.25. The van der Waals surface area contributed by atoms with Gasteiger partial charge >= 0.3 is 12.0 Å². The number of carboxylic acid groups (broad SMARTS) is 1. The number of urea groups is 1. The van der Waals surface area contributed by atoms with Crippen LogP contribution in [0.15, 0.2) is 0 Å². The lowest BCUT2D eigenvalue weighted by Gasteiger charge is -2.26. The quantitative estimate of drug-likeness (QED) is 0.598. The lowest BCUT2D eigenvalue weighted by Crippen LogP contribution is -2.55. The van der Waals surface area contributed by atoms with Gasteiger partial charge in [0, 0.05) is 19.1 Å². The zero-order valence-corrected chi connectivity index (χ0v) is 12.7. The Hall–Kier alpha value is -1.30. The number of amides is 2. The van der Waals surface area contributed by atoms with E-state index in [2.05, 4.69) is 22.5 Å². The van der Waals surface area contributed by atoms with Crippen LogP contribution in [0.2, 0.25) is 0 Å². The van der Waals surface area contributed by atoms with Crippen LogP contribution in [0.4, 0.5) is 4.79 Å². The van der Waals surface area contributed by atoms with Crippen molar-refractivity contribution in [1.29, 1.82) is 0 Å². The number of hydrogen-bond acceptors (Lipinski definition) is 3. The number of nitrogens with zero attached hydrogens (tertiary/aromatic N) is 1. The van der Waals surface area contributed by atoms with Gasteiger partial charge in [0.2, 0.25) is 0 Å². The van der Waals surface area contributed by atoms with Gasteiger partial charge < -0.3 is 15.7 Å². The highest BCUT2D eigenvalue weighted by Gasteiger charge is 2.33. The normalized spacial score (nSPS) is 17.6. The summed E-state index contributed by atoms with van der Waals surface area (Å²) in [5, 5.41) is 14.5. The molecule has 1 fully saturated rings. The minimum Gasteiger partial charge on any atom is -0.480 e. The first kappa shape index (κ1) is 16.8. The first-order chi connectivity index (χ1) is 9.42. The molecule has 1 unspecified atom stereocenters. The SMILES string of the molecule is CCCC(C)(NC(=O)NCCN(CC)C1CC1)C(=O)O. The number of aliphatic carboxylic acids is 1. The zero-order chi connectivity index (χ0) is 15.2. The van der Waals surface area contributed by atoms with Gasteiger partial charge in [-0.3, -0.25) is 4.90 Å². The van der Waals surface area contributed by atoms with Gasteiger partial charge in [-0.15, -0.1) is 0 Å². The lowest BCUT2D eigenvalue weighted by molar-refractivity contribution is -0.144. The van der Waals surface area contributed by atoms with E-state index in [-0.39, 0.29) is 0 Å². The van der Waals surface area contributed by atoms with Gasteiger partial charge in [0.05, 0.1) is 0 Å². The van der Waals surface area contributed by atoms with Crippen molar-refractivity contribution in [3.63, 3.8) is 0 Å². The van der Waals surface area contributed by atoms with Gasteiger partial charge in [-0.05, 0) is 32.7 Å². The molecule has 0 aliphatic heterocycles. The van der Waals surface area contributed by atoms with E-state index in [0.29, 0.717) is 25.4 Å². The molecule has 0 saturated heterocycles. The van der Waals surface area contributed by atoms with Crippen LogP contribution in [0.3, 0.4) is 0 Å². The molecule has 1 atom stereocenters. The van der Waals surface area contributed by atoms with Crippen LogP contribution in [0.5, 0.6) is 0 Å². The molecule has 0 bridgehead atoms. The van der Waals surface area contributed by atoms with Crippen molar-refractivity contribution in [2.45, 2.75) is 58.0 Å². The monoisotopic (exact) mass is 285 g/mol. The third-order valence-electron chi connectivity index (χ3n) is 3.77. The number of likely N-dealkylation sites (N-methyl/N-ethyl adjacent to an activating group) is 1. The van der Waals surface area contributed by atoms with Gasteiger partial charge in [-0.25, -0.2) is 9.59 Å². The first-order valence-electron chi connectivity index (χ1n) is 7.46. The number of carbonyl (C=O) groups is 2. The molecule has 116 valence electrons. The van der Waals surface area contributed by atoms with Crippen LogP contribution in [-0.4, -0.2) is 53.2 Å². The van der Waals surface area contributed by atoms with E-state index in [4.69, 9.17) is 0 Å². The third-order valence-corrected chi connectivity index (χ3v) is 3.77. The molecule has 0 aromatic rings. The fraction of sp³-hybridized carbons (Fsp3) is 0.857. The van der Waals surface area contributed by atoms with Crippen molar-refractivity contribution < 1.29 is 14.7 Å². The maximum absolute atomic E-state index is 11.8. The summed E-state index contributed by atoms with van der Waals surface area (Å²) in [5.41, 5.74) is -1.19. The van der Waals surface area contributed by atoms with E-state index >= 15 is 0 Å². The molecule has 20 heavy (non-hydrogen) atoms. The van der Waals surface area contributed by atoms with Crippen LogP contribution in [0.1, 0.15) is 46.5 Å². The van der Waals surface area contributed by atoms with Gasteiger partial charge in [0.25, 0.3) is 0 Å². The summed E-state index contributed by atoms with van der Waals surface area (Å²) in [6.45, 7) is 7.89. The molecule has 1 aliphatic rings. The Kier molecular flexibility index (Phi) is 6.26. The summed E-state index contributed by atoms with van der Waals surface area (Å²) in [4.78, 5) is 25.3. The van der Waals surface area contributed by atoms with Crippen molar-refractivity contribution in [2.24, 2.45) is 0 Å². The summed E-state index contributed by atoms with van der Waals surface area (Å²) < 4.78 is 0. The Labute approximate surface area is 120 Å². The minimum atomic E-state index is -1.19. The summed E-state index contributed by atoms with van der Waals surface area (Å²) in [5.74, 6) is -0.998. The van der Waals surface area contributed by atoms with Crippen LogP contribution < -0.4 is 10.6 Å². The van der Waals surface area contributed by atoms with Crippen molar-refractivity contribution in [3.8, 4) is 0 Å². The predicted molar refractivity (Wildman–Crippen MR) is 77.8 cm³/mol. The molecule has 0 aromatic heterocycles. The maximum Gasteiger partial charge on any atom is 0.329 e. The maximum atomic E-state index is 11.8. The highest BCUT2D eigenvalue weighted by atomic mass is 16.4. The minimum absolute atomic E-state index is 0.407. The van der Waals surface area contributed by atoms with Crippen LogP contribution in [0.25, 0.3) is 0 Å². The molecule has 3 N–H and O–H groups in total. The predicted octanol–water partition coefficient (Wildman–Crippen LogP) is 1.41. The number of rotatable bonds is 9. The smallest absolute Gasteiger partial charge is 0.329 e. The van der Waals surface area contributed by atoms with Crippen molar-refractivity contribution >= 4 is 12.0 Å². The second kappa shape index (κ2) is 7.47. The molecule has 0 radical (unpaired) electrons. The number of carboxylic acids is 1. The fourth-order valence-electron chi connectivity index (χ4n) is 2.37. The van der Waals surface area contributed by atoms with Crippen molar-refractivity contribution in [2.75, 3.05) is 19.6 Å². The second-order valence-corrected chi connectivity index (χ2v) is 5.63. The van der Waals surface area contributed by atoms with Crippen LogP contribution >= 0.6 is 0 Å². The average Bonchev–Trinajstić information content (AvgIpc) is 3.19. The molecule has 6 nitrogen and oxygen atoms in total. The topological polar surface area (TPSA) is 81.7 Å². The molecule has 2 amide bonds. The number of hydrogen-bond donors (Lipinski definition) is 3. The standard InChI is InChI=1S/C14H27N3O3/c1-4-8-14(3,12(18)19)16-13(20)15-9-10-17(5-2)11-6-7-11/h11H,4-10H2,1-3H3,(H,18,19)(H2,15,16,20). The fourth-order valence-corrected chi connectivity index (χ4v) is 2.37. The van der Waals surface area contributed by atoms with E-state index in [1.54, 1.807) is 6.92 Å². The molecule has 0 aromatic carbocycles. The second-order valence-electron chi connectivity index (χ2n) is 5.63. The Morgan fingerprint density at radius 3 is 2.45 bits per heavy atom. The highest BCUT2D eigenvalue weighted by molar-refractivity contribution is 5.85. The Balaban J connectivity index is 2.32. The third kappa shape index (κ3) is 5.00. The van der Waals surface area contributed by atoms with Gasteiger partial charge in [-0.1, -0.05) is 20.3 Å². The van der Waals surface area contributed by atoms with E-state index < -0.39 is 17.5 Å². The van der Waals surface area contributed by atoms with Crippen LogP contribution in [-0.2, 0) is 4.79 Å². The summed E-state index contributed by atoms with van der Waals surface area (Å²) in [6.07, 6.45) is 3.61. The first-order valence-corrected chi connectivity index (χ1v) is 7.46. The number of carbonyl (C=O) groups excluding carboxylic acids is 1. The molecular formula is C14H27N3O3. The Bertz CT molecular complexity index is 345. The Morgan fingerprint density at radius 1 is 1.35 bits per heavy atom. The van der Waals surface area contributed by atoms with E-state index in [1.165, 1.54) is 12.8 Å². The van der Waals surface area contributed by atoms with Gasteiger partial charge in [0.15, 0.2) is 0 Å². The van der Waals surface area contributed by atoms with E-state index in [9.17, 15) is 14.7 Å². The molecule has 1 rings (SSSR count). The zero-order valence-electron chi connectivity index (χ0n) is 12.7. The molecule has 6 heteroatoms. The summed E-state index contributed by atoms with van der Waals surface area (Å²) >= 11 is 0.